The molecule has 1 saturated carbocycles. The van der Waals surface area contributed by atoms with Crippen LogP contribution in [0.3, 0.4) is 0 Å². The summed E-state index contributed by atoms with van der Waals surface area (Å²) in [7, 11) is 0. The van der Waals surface area contributed by atoms with Crippen molar-refractivity contribution >= 4 is 0 Å². The molecule has 0 heterocycles. The Morgan fingerprint density at radius 2 is 1.61 bits per heavy atom. The van der Waals surface area contributed by atoms with Gasteiger partial charge in [0.15, 0.2) is 11.6 Å². The Morgan fingerprint density at radius 3 is 2.25 bits per heavy atom. The lowest BCUT2D eigenvalue weighted by Crippen LogP contribution is -2.19. The van der Waals surface area contributed by atoms with Crippen LogP contribution in [-0.4, -0.2) is 13.2 Å². The van der Waals surface area contributed by atoms with E-state index in [2.05, 4.69) is 6.58 Å². The van der Waals surface area contributed by atoms with Crippen molar-refractivity contribution < 1.29 is 18.3 Å². The molecule has 0 spiro atoms. The first-order valence-electron chi connectivity index (χ1n) is 10.1. The van der Waals surface area contributed by atoms with Gasteiger partial charge in [-0.2, -0.15) is 4.39 Å². The summed E-state index contributed by atoms with van der Waals surface area (Å²) < 4.78 is 39.5. The Morgan fingerprint density at radius 1 is 0.929 bits per heavy atom. The highest BCUT2D eigenvalue weighted by molar-refractivity contribution is 5.66. The molecule has 0 aliphatic heterocycles. The molecule has 2 aromatic carbocycles. The maximum Gasteiger partial charge on any atom is 0.201 e. The van der Waals surface area contributed by atoms with Crippen molar-refractivity contribution in [3.8, 4) is 22.6 Å². The van der Waals surface area contributed by atoms with E-state index in [0.29, 0.717) is 18.1 Å². The first-order valence-corrected chi connectivity index (χ1v) is 10.1. The topological polar surface area (TPSA) is 18.5 Å². The van der Waals surface area contributed by atoms with Crippen LogP contribution in [-0.2, 0) is 0 Å². The van der Waals surface area contributed by atoms with Crippen LogP contribution in [0.1, 0.15) is 39.0 Å². The van der Waals surface area contributed by atoms with E-state index in [4.69, 9.17) is 9.47 Å². The Kier molecular flexibility index (Phi) is 7.07. The van der Waals surface area contributed by atoms with Crippen molar-refractivity contribution in [1.29, 1.82) is 0 Å². The second kappa shape index (κ2) is 9.72. The van der Waals surface area contributed by atoms with Crippen molar-refractivity contribution in [3.63, 3.8) is 0 Å². The summed E-state index contributed by atoms with van der Waals surface area (Å²) in [5.74, 6) is 0.203. The van der Waals surface area contributed by atoms with E-state index in [0.717, 1.165) is 18.1 Å². The van der Waals surface area contributed by atoms with Gasteiger partial charge in [0.1, 0.15) is 5.75 Å². The number of rotatable bonds is 8. The molecule has 150 valence electrons. The minimum Gasteiger partial charge on any atom is -0.493 e. The minimum atomic E-state index is -0.952. The predicted molar refractivity (Wildman–Crippen MR) is 109 cm³/mol. The molecular weight excluding hydrogens is 358 g/mol. The fourth-order valence-electron chi connectivity index (χ4n) is 3.84. The Labute approximate surface area is 166 Å². The summed E-state index contributed by atoms with van der Waals surface area (Å²) in [5.41, 5.74) is 0.824. The van der Waals surface area contributed by atoms with Gasteiger partial charge >= 0.3 is 0 Å². The number of allylic oxidation sites excluding steroid dienone is 1. The molecule has 0 radical (unpaired) electrons. The Bertz CT molecular complexity index is 778. The molecule has 28 heavy (non-hydrogen) atoms. The molecule has 0 aromatic heterocycles. The second-order valence-electron chi connectivity index (χ2n) is 7.42. The molecule has 1 aliphatic rings. The fourth-order valence-corrected chi connectivity index (χ4v) is 3.84. The Balaban J connectivity index is 1.58. The van der Waals surface area contributed by atoms with Crippen molar-refractivity contribution in [1.82, 2.24) is 0 Å². The van der Waals surface area contributed by atoms with Crippen LogP contribution in [0.5, 0.6) is 11.5 Å². The molecule has 0 bridgehead atoms. The Hall–Kier alpha value is -2.36. The van der Waals surface area contributed by atoms with Crippen molar-refractivity contribution in [3.05, 3.63) is 60.7 Å². The van der Waals surface area contributed by atoms with Crippen LogP contribution >= 0.6 is 0 Å². The lowest BCUT2D eigenvalue weighted by molar-refractivity contribution is 0.183. The number of hydrogen-bond donors (Lipinski definition) is 0. The molecule has 2 nitrogen and oxygen atoms in total. The van der Waals surface area contributed by atoms with E-state index in [9.17, 15) is 8.78 Å². The maximum atomic E-state index is 14.4. The monoisotopic (exact) mass is 386 g/mol. The van der Waals surface area contributed by atoms with Gasteiger partial charge in [-0.05, 0) is 80.7 Å². The standard InChI is InChI=1S/C24H28F2O2/c1-3-5-17-6-8-18(9-7-17)16-28-20-12-10-19(11-13-20)21-14-15-22(27-4-2)24(26)23(21)25/h3,10-15,17-18H,1,4-9,16H2,2H3. The maximum absolute atomic E-state index is 14.4. The summed E-state index contributed by atoms with van der Waals surface area (Å²) >= 11 is 0. The fraction of sp³-hybridized carbons (Fsp3) is 0.417. The van der Waals surface area contributed by atoms with Gasteiger partial charge in [-0.25, -0.2) is 4.39 Å². The highest BCUT2D eigenvalue weighted by Gasteiger charge is 2.21. The molecule has 3 rings (SSSR count). The third-order valence-electron chi connectivity index (χ3n) is 5.46. The molecule has 2 aromatic rings. The van der Waals surface area contributed by atoms with E-state index >= 15 is 0 Å². The van der Waals surface area contributed by atoms with Gasteiger partial charge in [0.05, 0.1) is 13.2 Å². The van der Waals surface area contributed by atoms with Crippen molar-refractivity contribution in [2.24, 2.45) is 11.8 Å². The predicted octanol–water partition coefficient (Wildman–Crippen LogP) is 6.79. The third kappa shape index (κ3) is 4.92. The summed E-state index contributed by atoms with van der Waals surface area (Å²) in [5, 5.41) is 0. The van der Waals surface area contributed by atoms with Crippen LogP contribution < -0.4 is 9.47 Å². The smallest absolute Gasteiger partial charge is 0.201 e. The lowest BCUT2D eigenvalue weighted by atomic mass is 9.81. The molecule has 0 saturated heterocycles. The van der Waals surface area contributed by atoms with Gasteiger partial charge in [0.2, 0.25) is 5.82 Å². The number of hydrogen-bond acceptors (Lipinski definition) is 2. The van der Waals surface area contributed by atoms with Gasteiger partial charge in [-0.1, -0.05) is 18.2 Å². The average Bonchev–Trinajstić information content (AvgIpc) is 2.72. The first kappa shape index (κ1) is 20.4. The van der Waals surface area contributed by atoms with E-state index in [1.807, 2.05) is 18.2 Å². The summed E-state index contributed by atoms with van der Waals surface area (Å²) in [6.07, 6.45) is 7.98. The molecule has 0 amide bonds. The van der Waals surface area contributed by atoms with Crippen molar-refractivity contribution in [2.45, 2.75) is 39.0 Å². The van der Waals surface area contributed by atoms with E-state index in [1.165, 1.54) is 31.7 Å². The summed E-state index contributed by atoms with van der Waals surface area (Å²) in [6.45, 7) is 6.55. The average molecular weight is 386 g/mol. The lowest BCUT2D eigenvalue weighted by Gasteiger charge is -2.27. The summed E-state index contributed by atoms with van der Waals surface area (Å²) in [4.78, 5) is 0. The van der Waals surface area contributed by atoms with Gasteiger partial charge < -0.3 is 9.47 Å². The van der Waals surface area contributed by atoms with Crippen LogP contribution in [0.15, 0.2) is 49.1 Å². The summed E-state index contributed by atoms with van der Waals surface area (Å²) in [6, 6.07) is 10.1. The molecule has 0 N–H and O–H groups in total. The van der Waals surface area contributed by atoms with Gasteiger partial charge in [-0.3, -0.25) is 0 Å². The number of ether oxygens (including phenoxy) is 2. The van der Waals surface area contributed by atoms with Gasteiger partial charge in [0, 0.05) is 5.56 Å². The molecule has 0 unspecified atom stereocenters. The van der Waals surface area contributed by atoms with Crippen molar-refractivity contribution in [2.75, 3.05) is 13.2 Å². The van der Waals surface area contributed by atoms with Gasteiger partial charge in [-0.15, -0.1) is 6.58 Å². The zero-order valence-electron chi connectivity index (χ0n) is 16.4. The number of benzene rings is 2. The SMILES string of the molecule is C=CCC1CCC(COc2ccc(-c3ccc(OCC)c(F)c3F)cc2)CC1. The van der Waals surface area contributed by atoms with Crippen LogP contribution in [0, 0.1) is 23.5 Å². The molecule has 0 atom stereocenters. The zero-order valence-corrected chi connectivity index (χ0v) is 16.4. The van der Waals surface area contributed by atoms with E-state index in [1.54, 1.807) is 25.1 Å². The van der Waals surface area contributed by atoms with Gasteiger partial charge in [0.25, 0.3) is 0 Å². The van der Waals surface area contributed by atoms with Crippen LogP contribution in [0.2, 0.25) is 0 Å². The highest BCUT2D eigenvalue weighted by Crippen LogP contribution is 2.33. The van der Waals surface area contributed by atoms with Crippen LogP contribution in [0.4, 0.5) is 8.78 Å². The number of halogens is 2. The van der Waals surface area contributed by atoms with E-state index in [-0.39, 0.29) is 17.9 Å². The first-order chi connectivity index (χ1) is 13.6. The quantitative estimate of drug-likeness (QED) is 0.465. The zero-order chi connectivity index (χ0) is 19.9. The second-order valence-corrected chi connectivity index (χ2v) is 7.42. The molecular formula is C24H28F2O2. The molecule has 4 heteroatoms. The van der Waals surface area contributed by atoms with E-state index < -0.39 is 11.6 Å². The molecule has 1 aliphatic carbocycles. The normalized spacial score (nSPS) is 19.2. The third-order valence-corrected chi connectivity index (χ3v) is 5.46. The van der Waals surface area contributed by atoms with Crippen LogP contribution in [0.25, 0.3) is 11.1 Å². The highest BCUT2D eigenvalue weighted by atomic mass is 19.2. The largest absolute Gasteiger partial charge is 0.493 e. The minimum absolute atomic E-state index is 0.0634. The molecule has 1 fully saturated rings.